The van der Waals surface area contributed by atoms with Gasteiger partial charge in [0.15, 0.2) is 0 Å². The fourth-order valence-corrected chi connectivity index (χ4v) is 5.35. The minimum atomic E-state index is -4.14. The second-order valence-electron chi connectivity index (χ2n) is 7.41. The Balaban J connectivity index is 1.58. The number of amides is 2. The standard InChI is InChI=1S/C23H17FN4O4S/c1-15-7-2-3-10-18(15)28-23(29)27(19-11-4-5-12-20(19)33(28,30)31)14-21-25-22(26-32-21)16-8-6-9-17(24)13-16/h2-13H,14H2,1H3. The smallest absolute Gasteiger partial charge is 0.337 e. The maximum Gasteiger partial charge on any atom is 0.343 e. The van der Waals surface area contributed by atoms with Crippen molar-refractivity contribution in [1.29, 1.82) is 0 Å². The van der Waals surface area contributed by atoms with Crippen molar-refractivity contribution in [3.05, 3.63) is 90.1 Å². The number of benzene rings is 3. The third kappa shape index (κ3) is 3.54. The Morgan fingerprint density at radius 2 is 1.70 bits per heavy atom. The van der Waals surface area contributed by atoms with E-state index in [2.05, 4.69) is 10.1 Å². The highest BCUT2D eigenvalue weighted by molar-refractivity contribution is 7.94. The molecule has 0 saturated carbocycles. The molecule has 2 heterocycles. The molecule has 33 heavy (non-hydrogen) atoms. The molecule has 5 rings (SSSR count). The fourth-order valence-electron chi connectivity index (χ4n) is 3.69. The lowest BCUT2D eigenvalue weighted by Gasteiger charge is -2.36. The fraction of sp³-hybridized carbons (Fsp3) is 0.0870. The van der Waals surface area contributed by atoms with Gasteiger partial charge >= 0.3 is 6.03 Å². The van der Waals surface area contributed by atoms with Gasteiger partial charge in [0.2, 0.25) is 11.7 Å². The van der Waals surface area contributed by atoms with E-state index in [-0.39, 0.29) is 34.5 Å². The first-order valence-electron chi connectivity index (χ1n) is 9.96. The Hall–Kier alpha value is -4.05. The van der Waals surface area contributed by atoms with E-state index in [4.69, 9.17) is 4.52 Å². The molecule has 0 fully saturated rings. The molecular weight excluding hydrogens is 447 g/mol. The number of carbonyl (C=O) groups is 1. The normalized spacial score (nSPS) is 14.9. The SMILES string of the molecule is Cc1ccccc1N1C(=O)N(Cc2nc(-c3cccc(F)c3)no2)c2ccccc2S1(=O)=O. The van der Waals surface area contributed by atoms with Gasteiger partial charge in [-0.25, -0.2) is 17.6 Å². The topological polar surface area (TPSA) is 96.6 Å². The molecule has 10 heteroatoms. The molecule has 2 amide bonds. The van der Waals surface area contributed by atoms with Crippen LogP contribution >= 0.6 is 0 Å². The van der Waals surface area contributed by atoms with E-state index < -0.39 is 21.9 Å². The Labute approximate surface area is 188 Å². The van der Waals surface area contributed by atoms with Crippen LogP contribution in [-0.2, 0) is 16.6 Å². The van der Waals surface area contributed by atoms with Crippen molar-refractivity contribution in [2.75, 3.05) is 9.21 Å². The Morgan fingerprint density at radius 3 is 2.45 bits per heavy atom. The lowest BCUT2D eigenvalue weighted by Crippen LogP contribution is -2.51. The van der Waals surface area contributed by atoms with Gasteiger partial charge in [-0.3, -0.25) is 4.90 Å². The average Bonchev–Trinajstić information content (AvgIpc) is 3.27. The second kappa shape index (κ2) is 7.82. The predicted molar refractivity (Wildman–Crippen MR) is 119 cm³/mol. The zero-order valence-electron chi connectivity index (χ0n) is 17.3. The first-order chi connectivity index (χ1) is 15.9. The van der Waals surface area contributed by atoms with Crippen molar-refractivity contribution in [1.82, 2.24) is 10.1 Å². The Morgan fingerprint density at radius 1 is 0.970 bits per heavy atom. The largest absolute Gasteiger partial charge is 0.343 e. The van der Waals surface area contributed by atoms with Crippen molar-refractivity contribution in [3.8, 4) is 11.4 Å². The molecule has 4 aromatic rings. The van der Waals surface area contributed by atoms with E-state index in [9.17, 15) is 17.6 Å². The number of carbonyl (C=O) groups excluding carboxylic acids is 1. The highest BCUT2D eigenvalue weighted by Gasteiger charge is 2.43. The van der Waals surface area contributed by atoms with Gasteiger partial charge in [0.25, 0.3) is 10.0 Å². The monoisotopic (exact) mass is 464 g/mol. The molecule has 0 radical (unpaired) electrons. The zero-order chi connectivity index (χ0) is 23.2. The quantitative estimate of drug-likeness (QED) is 0.441. The molecular formula is C23H17FN4O4S. The molecule has 0 aliphatic carbocycles. The van der Waals surface area contributed by atoms with Crippen LogP contribution in [0.4, 0.5) is 20.6 Å². The lowest BCUT2D eigenvalue weighted by molar-refractivity contribution is 0.252. The lowest BCUT2D eigenvalue weighted by atomic mass is 10.2. The number of aryl methyl sites for hydroxylation is 1. The number of anilines is 2. The summed E-state index contributed by atoms with van der Waals surface area (Å²) < 4.78 is 46.4. The van der Waals surface area contributed by atoms with Crippen LogP contribution < -0.4 is 9.21 Å². The summed E-state index contributed by atoms with van der Waals surface area (Å²) in [5, 5.41) is 3.87. The van der Waals surface area contributed by atoms with Gasteiger partial charge in [0, 0.05) is 5.56 Å². The number of rotatable bonds is 4. The van der Waals surface area contributed by atoms with Gasteiger partial charge in [-0.05, 0) is 42.8 Å². The highest BCUT2D eigenvalue weighted by atomic mass is 32.2. The Kier molecular flexibility index (Phi) is 4.94. The second-order valence-corrected chi connectivity index (χ2v) is 9.17. The van der Waals surface area contributed by atoms with Crippen molar-refractivity contribution in [2.24, 2.45) is 0 Å². The maximum atomic E-state index is 13.6. The van der Waals surface area contributed by atoms with E-state index in [1.54, 1.807) is 55.5 Å². The van der Waals surface area contributed by atoms with Gasteiger partial charge in [-0.1, -0.05) is 47.6 Å². The summed E-state index contributed by atoms with van der Waals surface area (Å²) >= 11 is 0. The molecule has 0 atom stereocenters. The van der Waals surface area contributed by atoms with Gasteiger partial charge in [-0.2, -0.15) is 9.29 Å². The zero-order valence-corrected chi connectivity index (χ0v) is 18.2. The third-order valence-corrected chi connectivity index (χ3v) is 6.99. The molecule has 1 aromatic heterocycles. The number of para-hydroxylation sites is 2. The highest BCUT2D eigenvalue weighted by Crippen LogP contribution is 2.38. The van der Waals surface area contributed by atoms with E-state index in [0.29, 0.717) is 11.1 Å². The van der Waals surface area contributed by atoms with Crippen LogP contribution in [0.3, 0.4) is 0 Å². The number of hydrogen-bond donors (Lipinski definition) is 0. The third-order valence-electron chi connectivity index (χ3n) is 5.26. The molecule has 1 aliphatic rings. The van der Waals surface area contributed by atoms with E-state index in [0.717, 1.165) is 4.31 Å². The van der Waals surface area contributed by atoms with Crippen LogP contribution in [0.15, 0.2) is 82.2 Å². The van der Waals surface area contributed by atoms with Crippen LogP contribution in [0.1, 0.15) is 11.5 Å². The predicted octanol–water partition coefficient (Wildman–Crippen LogP) is 4.52. The summed E-state index contributed by atoms with van der Waals surface area (Å²) in [5.41, 5.74) is 1.50. The summed E-state index contributed by atoms with van der Waals surface area (Å²) in [6.07, 6.45) is 0. The van der Waals surface area contributed by atoms with Crippen LogP contribution in [0.2, 0.25) is 0 Å². The molecule has 3 aromatic carbocycles. The number of fused-ring (bicyclic) bond motifs is 1. The van der Waals surface area contributed by atoms with Crippen molar-refractivity contribution in [2.45, 2.75) is 18.4 Å². The molecule has 0 saturated heterocycles. The van der Waals surface area contributed by atoms with E-state index >= 15 is 0 Å². The summed E-state index contributed by atoms with van der Waals surface area (Å²) in [6.45, 7) is 1.56. The van der Waals surface area contributed by atoms with E-state index in [1.807, 2.05) is 0 Å². The molecule has 0 N–H and O–H groups in total. The molecule has 1 aliphatic heterocycles. The number of sulfonamides is 1. The number of halogens is 1. The summed E-state index contributed by atoms with van der Waals surface area (Å²) in [5.74, 6) is -0.217. The number of urea groups is 1. The summed E-state index contributed by atoms with van der Waals surface area (Å²) in [6, 6.07) is 17.9. The molecule has 8 nitrogen and oxygen atoms in total. The van der Waals surface area contributed by atoms with Gasteiger partial charge in [0.05, 0.1) is 11.4 Å². The number of aromatic nitrogens is 2. The molecule has 0 bridgehead atoms. The van der Waals surface area contributed by atoms with Crippen LogP contribution in [0.5, 0.6) is 0 Å². The first kappa shape index (κ1) is 20.8. The minimum absolute atomic E-state index is 0.0160. The maximum absolute atomic E-state index is 13.6. The summed E-state index contributed by atoms with van der Waals surface area (Å²) in [7, 11) is -4.14. The van der Waals surface area contributed by atoms with E-state index in [1.165, 1.54) is 29.2 Å². The van der Waals surface area contributed by atoms with Gasteiger partial charge in [-0.15, -0.1) is 0 Å². The van der Waals surface area contributed by atoms with Crippen molar-refractivity contribution < 1.29 is 22.1 Å². The van der Waals surface area contributed by atoms with Crippen LogP contribution in [-0.4, -0.2) is 24.6 Å². The number of nitrogens with zero attached hydrogens (tertiary/aromatic N) is 4. The van der Waals surface area contributed by atoms with Gasteiger partial charge < -0.3 is 4.52 Å². The molecule has 0 unspecified atom stereocenters. The average molecular weight is 464 g/mol. The minimum Gasteiger partial charge on any atom is -0.337 e. The van der Waals surface area contributed by atoms with Crippen LogP contribution in [0.25, 0.3) is 11.4 Å². The van der Waals surface area contributed by atoms with Crippen molar-refractivity contribution >= 4 is 27.4 Å². The molecule has 166 valence electrons. The van der Waals surface area contributed by atoms with Crippen molar-refractivity contribution in [3.63, 3.8) is 0 Å². The summed E-state index contributed by atoms with van der Waals surface area (Å²) in [4.78, 5) is 19.0. The number of hydrogen-bond acceptors (Lipinski definition) is 6. The molecule has 0 spiro atoms. The van der Waals surface area contributed by atoms with Gasteiger partial charge in [0.1, 0.15) is 17.3 Å². The first-order valence-corrected chi connectivity index (χ1v) is 11.4. The van der Waals surface area contributed by atoms with Crippen LogP contribution in [0, 0.1) is 12.7 Å². The Bertz CT molecular complexity index is 1490.